The van der Waals surface area contributed by atoms with Crippen LogP contribution >= 0.6 is 27.5 Å². The molecule has 0 atom stereocenters. The predicted octanol–water partition coefficient (Wildman–Crippen LogP) is 5.31. The van der Waals surface area contributed by atoms with Crippen LogP contribution < -0.4 is 5.48 Å². The number of Topliss-reactive ketones (excluding diaryl/α,β-unsaturated/α-hetero) is 1. The number of hydrogen-bond acceptors (Lipinski definition) is 6. The Morgan fingerprint density at radius 2 is 1.94 bits per heavy atom. The number of nitrogens with zero attached hydrogens (tertiary/aromatic N) is 3. The zero-order valence-electron chi connectivity index (χ0n) is 16.8. The highest BCUT2D eigenvalue weighted by molar-refractivity contribution is 9.10. The molecule has 3 aromatic rings. The van der Waals surface area contributed by atoms with Crippen LogP contribution in [0.1, 0.15) is 42.6 Å². The van der Waals surface area contributed by atoms with Crippen LogP contribution in [0.25, 0.3) is 0 Å². The summed E-state index contributed by atoms with van der Waals surface area (Å²) >= 11 is 9.13. The van der Waals surface area contributed by atoms with E-state index in [1.54, 1.807) is 12.1 Å². The Balaban J connectivity index is 1.64. The van der Waals surface area contributed by atoms with Gasteiger partial charge in [0.1, 0.15) is 17.3 Å². The highest BCUT2D eigenvalue weighted by Crippen LogP contribution is 2.43. The number of aliphatic imine (C=N–C) groups is 1. The van der Waals surface area contributed by atoms with Crippen molar-refractivity contribution >= 4 is 44.8 Å². The second kappa shape index (κ2) is 9.48. The van der Waals surface area contributed by atoms with Gasteiger partial charge in [-0.05, 0) is 69.8 Å². The Bertz CT molecular complexity index is 1160. The minimum Gasteiger partial charge on any atom is -0.298 e. The van der Waals surface area contributed by atoms with E-state index < -0.39 is 11.2 Å². The van der Waals surface area contributed by atoms with Crippen LogP contribution in [0, 0.1) is 5.82 Å². The number of hydroxylamine groups is 1. The first-order valence-electron chi connectivity index (χ1n) is 9.98. The average Bonchev–Trinajstić information content (AvgIpc) is 3.46. The number of hydrogen-bond donors (Lipinski definition) is 2. The fourth-order valence-electron chi connectivity index (χ4n) is 4.11. The summed E-state index contributed by atoms with van der Waals surface area (Å²) in [6.07, 6.45) is 3.31. The van der Waals surface area contributed by atoms with Crippen LogP contribution in [0.4, 0.5) is 10.1 Å². The summed E-state index contributed by atoms with van der Waals surface area (Å²) in [6, 6.07) is 11.5. The van der Waals surface area contributed by atoms with Crippen LogP contribution in [-0.2, 0) is 16.6 Å². The molecule has 1 heterocycles. The first-order valence-corrected chi connectivity index (χ1v) is 11.1. The fourth-order valence-corrected chi connectivity index (χ4v) is 4.61. The van der Waals surface area contributed by atoms with E-state index in [1.165, 1.54) is 18.2 Å². The van der Waals surface area contributed by atoms with Crippen molar-refractivity contribution in [3.8, 4) is 0 Å². The molecule has 1 aromatic heterocycles. The number of ketones is 1. The Morgan fingerprint density at radius 3 is 2.59 bits per heavy atom. The molecule has 1 fully saturated rings. The lowest BCUT2D eigenvalue weighted by Gasteiger charge is -2.28. The molecule has 2 N–H and O–H groups in total. The molecule has 0 saturated heterocycles. The van der Waals surface area contributed by atoms with Gasteiger partial charge in [0, 0.05) is 5.02 Å². The van der Waals surface area contributed by atoms with Crippen molar-refractivity contribution in [2.75, 3.05) is 0 Å². The highest BCUT2D eigenvalue weighted by Gasteiger charge is 2.42. The number of halogens is 3. The third kappa shape index (κ3) is 4.46. The van der Waals surface area contributed by atoms with Gasteiger partial charge in [-0.25, -0.2) is 14.0 Å². The zero-order chi connectivity index (χ0) is 22.7. The average molecular weight is 522 g/mol. The number of benzene rings is 2. The topological polar surface area (TPSA) is 101 Å². The minimum absolute atomic E-state index is 0.0175. The molecule has 166 valence electrons. The van der Waals surface area contributed by atoms with Crippen molar-refractivity contribution in [1.29, 1.82) is 0 Å². The molecule has 2 aromatic carbocycles. The van der Waals surface area contributed by atoms with Gasteiger partial charge in [0.2, 0.25) is 0 Å². The molecule has 10 heteroatoms. The van der Waals surface area contributed by atoms with Crippen LogP contribution in [0.15, 0.2) is 56.6 Å². The van der Waals surface area contributed by atoms with Crippen molar-refractivity contribution in [1.82, 2.24) is 15.8 Å². The van der Waals surface area contributed by atoms with E-state index in [0.29, 0.717) is 10.7 Å². The third-order valence-corrected chi connectivity index (χ3v) is 6.61. The SMILES string of the molecule is O=C(Cc1nonc1C(=Nc1ccc(F)c(Br)c1)NO)C1(c2ccc(Cl)cc2)CCCC1. The molecule has 7 nitrogen and oxygen atoms in total. The first-order chi connectivity index (χ1) is 15.4. The van der Waals surface area contributed by atoms with Gasteiger partial charge in [0.15, 0.2) is 11.5 Å². The number of nitrogens with one attached hydrogen (secondary N) is 1. The largest absolute Gasteiger partial charge is 0.298 e. The van der Waals surface area contributed by atoms with E-state index in [1.807, 2.05) is 17.6 Å². The summed E-state index contributed by atoms with van der Waals surface area (Å²) in [5.41, 5.74) is 2.96. The van der Waals surface area contributed by atoms with Gasteiger partial charge in [0.05, 0.1) is 22.0 Å². The maximum Gasteiger partial charge on any atom is 0.182 e. The van der Waals surface area contributed by atoms with Gasteiger partial charge < -0.3 is 0 Å². The standard InChI is InChI=1S/C22H19BrClFN4O3/c23-16-11-15(7-8-17(16)25)26-21(27-31)20-18(28-32-29-20)12-19(30)22(9-1-2-10-22)13-3-5-14(24)6-4-13/h3-8,11,31H,1-2,9-10,12H2,(H,26,27). The first kappa shape index (κ1) is 22.6. The van der Waals surface area contributed by atoms with Gasteiger partial charge >= 0.3 is 0 Å². The Kier molecular flexibility index (Phi) is 6.68. The molecule has 0 amide bonds. The van der Waals surface area contributed by atoms with E-state index in [0.717, 1.165) is 31.2 Å². The Hall–Kier alpha value is -2.62. The molecule has 0 unspecified atom stereocenters. The molecule has 0 radical (unpaired) electrons. The number of carbonyl (C=O) groups excluding carboxylic acids is 1. The van der Waals surface area contributed by atoms with Gasteiger partial charge in [-0.15, -0.1) is 0 Å². The van der Waals surface area contributed by atoms with Crippen LogP contribution in [-0.4, -0.2) is 27.1 Å². The minimum atomic E-state index is -0.632. The summed E-state index contributed by atoms with van der Waals surface area (Å²) in [4.78, 5) is 17.8. The Labute approximate surface area is 196 Å². The van der Waals surface area contributed by atoms with Crippen molar-refractivity contribution < 1.29 is 19.0 Å². The lowest BCUT2D eigenvalue weighted by molar-refractivity contribution is -0.123. The second-order valence-corrected chi connectivity index (χ2v) is 8.92. The Morgan fingerprint density at radius 1 is 1.22 bits per heavy atom. The summed E-state index contributed by atoms with van der Waals surface area (Å²) in [5.74, 6) is -0.531. The van der Waals surface area contributed by atoms with Gasteiger partial charge in [-0.1, -0.05) is 41.7 Å². The van der Waals surface area contributed by atoms with Crippen molar-refractivity contribution in [3.05, 3.63) is 74.7 Å². The number of aromatic nitrogens is 2. The number of carbonyl (C=O) groups is 1. The van der Waals surface area contributed by atoms with Crippen molar-refractivity contribution in [2.24, 2.45) is 4.99 Å². The summed E-state index contributed by atoms with van der Waals surface area (Å²) in [5, 5.41) is 17.9. The fraction of sp³-hybridized carbons (Fsp3) is 0.273. The zero-order valence-corrected chi connectivity index (χ0v) is 19.2. The molecule has 32 heavy (non-hydrogen) atoms. The highest BCUT2D eigenvalue weighted by atomic mass is 79.9. The maximum atomic E-state index is 13.5. The molecule has 4 rings (SSSR count). The van der Waals surface area contributed by atoms with E-state index in [4.69, 9.17) is 16.2 Å². The van der Waals surface area contributed by atoms with Gasteiger partial charge in [-0.3, -0.25) is 15.5 Å². The van der Waals surface area contributed by atoms with Crippen LogP contribution in [0.2, 0.25) is 5.02 Å². The number of rotatable bonds is 6. The third-order valence-electron chi connectivity index (χ3n) is 5.75. The van der Waals surface area contributed by atoms with Gasteiger partial charge in [0.25, 0.3) is 0 Å². The van der Waals surface area contributed by atoms with E-state index in [9.17, 15) is 14.4 Å². The van der Waals surface area contributed by atoms with Crippen molar-refractivity contribution in [3.63, 3.8) is 0 Å². The summed E-state index contributed by atoms with van der Waals surface area (Å²) in [7, 11) is 0. The lowest BCUT2D eigenvalue weighted by Crippen LogP contribution is -2.35. The smallest absolute Gasteiger partial charge is 0.182 e. The molecule has 0 aliphatic heterocycles. The molecule has 0 spiro atoms. The van der Waals surface area contributed by atoms with E-state index >= 15 is 0 Å². The molecule has 0 bridgehead atoms. The molecule has 1 aliphatic rings. The maximum absolute atomic E-state index is 13.5. The monoisotopic (exact) mass is 520 g/mol. The summed E-state index contributed by atoms with van der Waals surface area (Å²) in [6.45, 7) is 0. The number of amidine groups is 1. The second-order valence-electron chi connectivity index (χ2n) is 7.63. The lowest BCUT2D eigenvalue weighted by atomic mass is 9.74. The van der Waals surface area contributed by atoms with Crippen LogP contribution in [0.3, 0.4) is 0 Å². The molecular formula is C22H19BrClFN4O3. The normalized spacial score (nSPS) is 15.7. The van der Waals surface area contributed by atoms with E-state index in [2.05, 4.69) is 31.2 Å². The molecular weight excluding hydrogens is 503 g/mol. The van der Waals surface area contributed by atoms with Gasteiger partial charge in [-0.2, -0.15) is 0 Å². The van der Waals surface area contributed by atoms with Crippen LogP contribution in [0.5, 0.6) is 0 Å². The molecule has 1 saturated carbocycles. The predicted molar refractivity (Wildman–Crippen MR) is 120 cm³/mol. The van der Waals surface area contributed by atoms with E-state index in [-0.39, 0.29) is 33.9 Å². The van der Waals surface area contributed by atoms with Crippen molar-refractivity contribution in [2.45, 2.75) is 37.5 Å². The summed E-state index contributed by atoms with van der Waals surface area (Å²) < 4.78 is 18.6. The quantitative estimate of drug-likeness (QED) is 0.259. The molecule has 1 aliphatic carbocycles.